The number of amides is 3. The molecule has 1 aromatic heterocycles. The number of hydrogen-bond acceptors (Lipinski definition) is 6. The molecule has 9 heteroatoms. The second-order valence-corrected chi connectivity index (χ2v) is 7.16. The Balaban J connectivity index is 1.52. The first kappa shape index (κ1) is 20.3. The molecule has 4 rings (SSSR count). The van der Waals surface area contributed by atoms with Gasteiger partial charge in [-0.05, 0) is 31.9 Å². The summed E-state index contributed by atoms with van der Waals surface area (Å²) < 4.78 is 6.73. The van der Waals surface area contributed by atoms with Crippen LogP contribution in [0.25, 0.3) is 17.1 Å². The Morgan fingerprint density at radius 1 is 1.03 bits per heavy atom. The Labute approximate surface area is 178 Å². The highest BCUT2D eigenvalue weighted by atomic mass is 16.5. The van der Waals surface area contributed by atoms with E-state index in [0.717, 1.165) is 24.1 Å². The number of imide groups is 1. The van der Waals surface area contributed by atoms with Gasteiger partial charge in [0.05, 0.1) is 5.69 Å². The van der Waals surface area contributed by atoms with Gasteiger partial charge in [0.15, 0.2) is 11.9 Å². The minimum Gasteiger partial charge on any atom is -0.447 e. The fraction of sp³-hybridized carbons (Fsp3) is 0.227. The number of aromatic nitrogens is 3. The van der Waals surface area contributed by atoms with Crippen LogP contribution in [0.3, 0.4) is 0 Å². The second kappa shape index (κ2) is 8.78. The summed E-state index contributed by atoms with van der Waals surface area (Å²) in [5, 5.41) is 9.09. The minimum absolute atomic E-state index is 0.105. The number of carbonyl (C=O) groups is 3. The zero-order valence-electron chi connectivity index (χ0n) is 16.8. The third-order valence-electron chi connectivity index (χ3n) is 4.62. The monoisotopic (exact) mass is 419 g/mol. The summed E-state index contributed by atoms with van der Waals surface area (Å²) in [6.45, 7) is 1.38. The highest BCUT2D eigenvalue weighted by Crippen LogP contribution is 2.21. The molecular formula is C22H21N5O4. The van der Waals surface area contributed by atoms with E-state index in [1.165, 1.54) is 6.92 Å². The normalized spacial score (nSPS) is 13.8. The predicted octanol–water partition coefficient (Wildman–Crippen LogP) is 2.47. The lowest BCUT2D eigenvalue weighted by Crippen LogP contribution is -2.45. The average Bonchev–Trinajstić information content (AvgIpc) is 3.47. The van der Waals surface area contributed by atoms with Crippen LogP contribution >= 0.6 is 0 Å². The Morgan fingerprint density at radius 3 is 2.32 bits per heavy atom. The fourth-order valence-corrected chi connectivity index (χ4v) is 2.85. The molecule has 0 bridgehead atoms. The van der Waals surface area contributed by atoms with Crippen LogP contribution in [0, 0.1) is 0 Å². The highest BCUT2D eigenvalue weighted by Gasteiger charge is 2.27. The Hall–Kier alpha value is -4.01. The van der Waals surface area contributed by atoms with Crippen LogP contribution in [-0.2, 0) is 9.53 Å². The van der Waals surface area contributed by atoms with Crippen LogP contribution in [-0.4, -0.2) is 44.8 Å². The topological polar surface area (TPSA) is 115 Å². The molecule has 0 aliphatic heterocycles. The van der Waals surface area contributed by atoms with Gasteiger partial charge < -0.3 is 10.1 Å². The molecule has 9 nitrogen and oxygen atoms in total. The Kier molecular flexibility index (Phi) is 5.74. The number of nitrogens with zero attached hydrogens (tertiary/aromatic N) is 3. The molecule has 1 unspecified atom stereocenters. The lowest BCUT2D eigenvalue weighted by molar-refractivity contribution is -0.127. The number of benzene rings is 2. The maximum Gasteiger partial charge on any atom is 0.379 e. The molecular weight excluding hydrogens is 398 g/mol. The SMILES string of the molecule is CC(OC(=O)c1nc(-c2ccccc2)n(-c2ccccc2)n1)C(=O)NC(=O)NC1CC1. The van der Waals surface area contributed by atoms with Crippen LogP contribution in [0.4, 0.5) is 4.79 Å². The van der Waals surface area contributed by atoms with Gasteiger partial charge in [-0.3, -0.25) is 10.1 Å². The predicted molar refractivity (Wildman–Crippen MR) is 111 cm³/mol. The van der Waals surface area contributed by atoms with Gasteiger partial charge in [-0.15, -0.1) is 5.10 Å². The van der Waals surface area contributed by atoms with Crippen molar-refractivity contribution in [2.45, 2.75) is 31.9 Å². The number of urea groups is 1. The summed E-state index contributed by atoms with van der Waals surface area (Å²) >= 11 is 0. The third kappa shape index (κ3) is 4.95. The number of carbonyl (C=O) groups excluding carboxylic acids is 3. The molecule has 1 heterocycles. The molecule has 31 heavy (non-hydrogen) atoms. The second-order valence-electron chi connectivity index (χ2n) is 7.16. The largest absolute Gasteiger partial charge is 0.447 e. The van der Waals surface area contributed by atoms with E-state index < -0.39 is 24.0 Å². The first-order chi connectivity index (χ1) is 15.0. The average molecular weight is 419 g/mol. The smallest absolute Gasteiger partial charge is 0.379 e. The molecule has 2 N–H and O–H groups in total. The van der Waals surface area contributed by atoms with Gasteiger partial charge in [0.2, 0.25) is 0 Å². The number of rotatable bonds is 6. The maximum atomic E-state index is 12.6. The van der Waals surface area contributed by atoms with Crippen LogP contribution < -0.4 is 10.6 Å². The van der Waals surface area contributed by atoms with Crippen LogP contribution in [0.5, 0.6) is 0 Å². The van der Waals surface area contributed by atoms with Crippen molar-refractivity contribution in [1.29, 1.82) is 0 Å². The van der Waals surface area contributed by atoms with Crippen LogP contribution in [0.1, 0.15) is 30.4 Å². The van der Waals surface area contributed by atoms with Gasteiger partial charge in [0, 0.05) is 11.6 Å². The van der Waals surface area contributed by atoms with Crippen molar-refractivity contribution in [3.63, 3.8) is 0 Å². The molecule has 0 spiro atoms. The minimum atomic E-state index is -1.19. The van der Waals surface area contributed by atoms with E-state index in [2.05, 4.69) is 20.7 Å². The quantitative estimate of drug-likeness (QED) is 0.593. The fourth-order valence-electron chi connectivity index (χ4n) is 2.85. The lowest BCUT2D eigenvalue weighted by Gasteiger charge is -2.12. The molecule has 158 valence electrons. The van der Waals surface area contributed by atoms with E-state index in [0.29, 0.717) is 5.82 Å². The number of hydrogen-bond donors (Lipinski definition) is 2. The number of esters is 1. The molecule has 2 aromatic carbocycles. The number of para-hydroxylation sites is 1. The molecule has 1 atom stereocenters. The lowest BCUT2D eigenvalue weighted by atomic mass is 10.2. The Morgan fingerprint density at radius 2 is 1.68 bits per heavy atom. The Bertz CT molecular complexity index is 1040. The van der Waals surface area contributed by atoms with E-state index in [1.54, 1.807) is 4.68 Å². The third-order valence-corrected chi connectivity index (χ3v) is 4.62. The summed E-state index contributed by atoms with van der Waals surface area (Å²) in [7, 11) is 0. The molecule has 3 amide bonds. The summed E-state index contributed by atoms with van der Waals surface area (Å²) in [5.74, 6) is -1.32. The standard InChI is InChI=1S/C22H21N5O4/c1-14(20(28)25-22(30)23-16-12-13-16)31-21(29)18-24-19(15-8-4-2-5-9-15)27(26-18)17-10-6-3-7-11-17/h2-11,14,16H,12-13H2,1H3,(H2,23,25,28,30). The van der Waals surface area contributed by atoms with Crippen molar-refractivity contribution in [3.05, 3.63) is 66.5 Å². The number of ether oxygens (including phenoxy) is 1. The van der Waals surface area contributed by atoms with E-state index in [-0.39, 0.29) is 11.9 Å². The van der Waals surface area contributed by atoms with Crippen molar-refractivity contribution in [1.82, 2.24) is 25.4 Å². The van der Waals surface area contributed by atoms with E-state index in [1.807, 2.05) is 60.7 Å². The summed E-state index contributed by atoms with van der Waals surface area (Å²) in [5.41, 5.74) is 1.48. The van der Waals surface area contributed by atoms with Crippen molar-refractivity contribution >= 4 is 17.9 Å². The van der Waals surface area contributed by atoms with Gasteiger partial charge in [-0.2, -0.15) is 0 Å². The van der Waals surface area contributed by atoms with Crippen molar-refractivity contribution < 1.29 is 19.1 Å². The molecule has 1 aliphatic rings. The van der Waals surface area contributed by atoms with Crippen LogP contribution in [0.2, 0.25) is 0 Å². The van der Waals surface area contributed by atoms with Gasteiger partial charge in [0.1, 0.15) is 0 Å². The summed E-state index contributed by atoms with van der Waals surface area (Å²) in [6, 6.07) is 18.1. The van der Waals surface area contributed by atoms with Crippen molar-refractivity contribution in [2.24, 2.45) is 0 Å². The van der Waals surface area contributed by atoms with Gasteiger partial charge >= 0.3 is 12.0 Å². The zero-order chi connectivity index (χ0) is 21.8. The first-order valence-electron chi connectivity index (χ1n) is 9.91. The molecule has 1 fully saturated rings. The van der Waals surface area contributed by atoms with Crippen LogP contribution in [0.15, 0.2) is 60.7 Å². The van der Waals surface area contributed by atoms with E-state index in [4.69, 9.17) is 4.74 Å². The van der Waals surface area contributed by atoms with Gasteiger partial charge in [-0.25, -0.2) is 19.3 Å². The molecule has 0 saturated heterocycles. The summed E-state index contributed by atoms with van der Waals surface area (Å²) in [4.78, 5) is 40.8. The molecule has 3 aromatic rings. The van der Waals surface area contributed by atoms with Gasteiger partial charge in [-0.1, -0.05) is 48.5 Å². The molecule has 1 aliphatic carbocycles. The first-order valence-corrected chi connectivity index (χ1v) is 9.91. The highest BCUT2D eigenvalue weighted by molar-refractivity contribution is 5.98. The summed E-state index contributed by atoms with van der Waals surface area (Å²) in [6.07, 6.45) is 0.596. The zero-order valence-corrected chi connectivity index (χ0v) is 16.8. The van der Waals surface area contributed by atoms with Gasteiger partial charge in [0.25, 0.3) is 11.7 Å². The number of nitrogens with one attached hydrogen (secondary N) is 2. The molecule has 0 radical (unpaired) electrons. The molecule has 1 saturated carbocycles. The van der Waals surface area contributed by atoms with Crippen molar-refractivity contribution in [2.75, 3.05) is 0 Å². The van der Waals surface area contributed by atoms with E-state index in [9.17, 15) is 14.4 Å². The van der Waals surface area contributed by atoms with Crippen molar-refractivity contribution in [3.8, 4) is 17.1 Å². The van der Waals surface area contributed by atoms with E-state index >= 15 is 0 Å². The maximum absolute atomic E-state index is 12.6.